The van der Waals surface area contributed by atoms with Crippen molar-refractivity contribution in [1.29, 1.82) is 0 Å². The summed E-state index contributed by atoms with van der Waals surface area (Å²) < 4.78 is 21.0. The van der Waals surface area contributed by atoms with E-state index in [4.69, 9.17) is 4.74 Å². The van der Waals surface area contributed by atoms with Crippen molar-refractivity contribution in [3.63, 3.8) is 0 Å². The molecule has 3 aromatic rings. The predicted molar refractivity (Wildman–Crippen MR) is 102 cm³/mol. The third-order valence-electron chi connectivity index (χ3n) is 4.32. The van der Waals surface area contributed by atoms with Crippen LogP contribution in [0.4, 0.5) is 4.39 Å². The number of H-pyrrole nitrogens is 1. The average Bonchev–Trinajstić information content (AvgIpc) is 3.33. The summed E-state index contributed by atoms with van der Waals surface area (Å²) in [6, 6.07) is 7.44. The topological polar surface area (TPSA) is 101 Å². The lowest BCUT2D eigenvalue weighted by Gasteiger charge is -2.11. The molecule has 2 aromatic heterocycles. The van der Waals surface area contributed by atoms with Crippen LogP contribution in [0.25, 0.3) is 17.0 Å². The summed E-state index contributed by atoms with van der Waals surface area (Å²) in [6.45, 7) is 1.20. The molecule has 1 fully saturated rings. The first-order chi connectivity index (χ1) is 13.6. The van der Waals surface area contributed by atoms with E-state index in [-0.39, 0.29) is 34.7 Å². The largest absolute Gasteiger partial charge is 0.376 e. The van der Waals surface area contributed by atoms with Gasteiger partial charge in [-0.1, -0.05) is 23.9 Å². The Morgan fingerprint density at radius 1 is 1.39 bits per heavy atom. The number of hydrogen-bond donors (Lipinski definition) is 2. The molecule has 0 radical (unpaired) electrons. The molecule has 4 rings (SSSR count). The summed E-state index contributed by atoms with van der Waals surface area (Å²) in [6.07, 6.45) is 2.01. The second kappa shape index (κ2) is 8.11. The highest BCUT2D eigenvalue weighted by molar-refractivity contribution is 7.99. The van der Waals surface area contributed by atoms with Gasteiger partial charge in [0.25, 0.3) is 5.56 Å². The highest BCUT2D eigenvalue weighted by atomic mass is 32.2. The number of nitrogens with zero attached hydrogens (tertiary/aromatic N) is 3. The molecule has 146 valence electrons. The Balaban J connectivity index is 1.54. The fourth-order valence-corrected chi connectivity index (χ4v) is 3.74. The minimum absolute atomic E-state index is 0.0631. The lowest BCUT2D eigenvalue weighted by Crippen LogP contribution is -2.33. The molecule has 10 heteroatoms. The molecule has 3 heterocycles. The van der Waals surface area contributed by atoms with Crippen LogP contribution in [0.15, 0.2) is 40.3 Å². The van der Waals surface area contributed by atoms with Crippen LogP contribution in [0, 0.1) is 5.82 Å². The first kappa shape index (κ1) is 18.6. The number of carbonyl (C=O) groups excluding carboxylic acids is 1. The van der Waals surface area contributed by atoms with Crippen molar-refractivity contribution in [2.75, 3.05) is 18.9 Å². The molecule has 0 saturated carbocycles. The molecular formula is C18H18FN5O3S. The molecule has 1 atom stereocenters. The number of thioether (sulfide) groups is 1. The number of ether oxygens (including phenoxy) is 1. The van der Waals surface area contributed by atoms with E-state index in [0.717, 1.165) is 31.2 Å². The number of nitrogens with one attached hydrogen (secondary N) is 2. The fraction of sp³-hybridized carbons (Fsp3) is 0.333. The maximum Gasteiger partial charge on any atom is 0.266 e. The van der Waals surface area contributed by atoms with Crippen molar-refractivity contribution in [2.24, 2.45) is 0 Å². The molecular weight excluding hydrogens is 385 g/mol. The normalized spacial score (nSPS) is 16.5. The Hall–Kier alpha value is -2.72. The zero-order valence-electron chi connectivity index (χ0n) is 14.9. The van der Waals surface area contributed by atoms with Crippen molar-refractivity contribution in [2.45, 2.75) is 24.1 Å². The van der Waals surface area contributed by atoms with E-state index in [1.165, 1.54) is 16.6 Å². The van der Waals surface area contributed by atoms with E-state index >= 15 is 0 Å². The summed E-state index contributed by atoms with van der Waals surface area (Å²) in [7, 11) is 0. The maximum absolute atomic E-state index is 14.1. The predicted octanol–water partition coefficient (Wildman–Crippen LogP) is 1.61. The van der Waals surface area contributed by atoms with Gasteiger partial charge in [0.2, 0.25) is 5.91 Å². The molecule has 0 bridgehead atoms. The van der Waals surface area contributed by atoms with E-state index in [0.29, 0.717) is 17.3 Å². The van der Waals surface area contributed by atoms with E-state index in [1.54, 1.807) is 18.2 Å². The smallest absolute Gasteiger partial charge is 0.266 e. The minimum Gasteiger partial charge on any atom is -0.376 e. The fourth-order valence-electron chi connectivity index (χ4n) is 2.96. The monoisotopic (exact) mass is 403 g/mol. The summed E-state index contributed by atoms with van der Waals surface area (Å²) in [5.41, 5.74) is 0.175. The van der Waals surface area contributed by atoms with Gasteiger partial charge in [-0.05, 0) is 25.0 Å². The first-order valence-electron chi connectivity index (χ1n) is 8.86. The van der Waals surface area contributed by atoms with Crippen molar-refractivity contribution in [3.8, 4) is 11.4 Å². The van der Waals surface area contributed by atoms with Crippen LogP contribution in [0.1, 0.15) is 12.8 Å². The number of carbonyl (C=O) groups is 1. The van der Waals surface area contributed by atoms with Crippen molar-refractivity contribution >= 4 is 23.3 Å². The van der Waals surface area contributed by atoms with Gasteiger partial charge in [-0.2, -0.15) is 0 Å². The molecule has 1 aliphatic heterocycles. The molecule has 8 nitrogen and oxygen atoms in total. The first-order valence-corrected chi connectivity index (χ1v) is 9.84. The highest BCUT2D eigenvalue weighted by Gasteiger charge is 2.18. The molecule has 0 spiro atoms. The minimum atomic E-state index is -0.463. The molecule has 1 aliphatic rings. The maximum atomic E-state index is 14.1. The number of hydrogen-bond acceptors (Lipinski definition) is 6. The van der Waals surface area contributed by atoms with Crippen molar-refractivity contribution < 1.29 is 13.9 Å². The molecule has 1 aromatic carbocycles. The van der Waals surface area contributed by atoms with E-state index in [2.05, 4.69) is 20.4 Å². The van der Waals surface area contributed by atoms with Gasteiger partial charge >= 0.3 is 0 Å². The van der Waals surface area contributed by atoms with Gasteiger partial charge in [-0.3, -0.25) is 14.7 Å². The Morgan fingerprint density at radius 3 is 3.04 bits per heavy atom. The summed E-state index contributed by atoms with van der Waals surface area (Å²) >= 11 is 1.13. The quantitative estimate of drug-likeness (QED) is 0.607. The molecule has 0 aliphatic carbocycles. The van der Waals surface area contributed by atoms with E-state index in [9.17, 15) is 14.0 Å². The molecule has 0 unspecified atom stereocenters. The second-order valence-corrected chi connectivity index (χ2v) is 7.29. The average molecular weight is 403 g/mol. The van der Waals surface area contributed by atoms with Crippen molar-refractivity contribution in [3.05, 3.63) is 46.5 Å². The Morgan fingerprint density at radius 2 is 2.25 bits per heavy atom. The molecule has 28 heavy (non-hydrogen) atoms. The van der Waals surface area contributed by atoms with Gasteiger partial charge in [0.15, 0.2) is 16.6 Å². The van der Waals surface area contributed by atoms with Crippen LogP contribution in [0.5, 0.6) is 0 Å². The van der Waals surface area contributed by atoms with Crippen LogP contribution in [0.2, 0.25) is 0 Å². The Kier molecular flexibility index (Phi) is 5.40. The van der Waals surface area contributed by atoms with Gasteiger partial charge in [-0.25, -0.2) is 18.9 Å². The zero-order chi connectivity index (χ0) is 19.5. The number of rotatable bonds is 6. The van der Waals surface area contributed by atoms with Gasteiger partial charge in [-0.15, -0.1) is 0 Å². The number of halogens is 1. The molecule has 2 N–H and O–H groups in total. The van der Waals surface area contributed by atoms with Crippen LogP contribution < -0.4 is 10.9 Å². The van der Waals surface area contributed by atoms with E-state index in [1.807, 2.05) is 0 Å². The molecule has 1 saturated heterocycles. The second-order valence-electron chi connectivity index (χ2n) is 6.35. The van der Waals surface area contributed by atoms with E-state index < -0.39 is 5.82 Å². The Bertz CT molecular complexity index is 1060. The summed E-state index contributed by atoms with van der Waals surface area (Å²) in [5.74, 6) is -0.390. The Labute approximate surface area is 163 Å². The lowest BCUT2D eigenvalue weighted by molar-refractivity contribution is -0.119. The molecule has 1 amide bonds. The number of aromatic nitrogens is 4. The van der Waals surface area contributed by atoms with Crippen LogP contribution in [0.3, 0.4) is 0 Å². The zero-order valence-corrected chi connectivity index (χ0v) is 15.7. The SMILES string of the molecule is O=C(CSc1nc(-c2ccccc2F)nc2cc(=O)[nH]n12)NC[C@@H]1CCCO1. The third-order valence-corrected chi connectivity index (χ3v) is 5.26. The van der Waals surface area contributed by atoms with Crippen LogP contribution in [-0.2, 0) is 9.53 Å². The number of amides is 1. The number of fused-ring (bicyclic) bond motifs is 1. The van der Waals surface area contributed by atoms with Gasteiger partial charge in [0.1, 0.15) is 5.82 Å². The standard InChI is InChI=1S/C18H18FN5O3S/c19-13-6-2-1-5-12(13)17-21-14-8-15(25)23-24(14)18(22-17)28-10-16(26)20-9-11-4-3-7-27-11/h1-2,5-6,8,11H,3-4,7,9-10H2,(H,20,26)(H,23,25)/t11-/m0/s1. The third kappa shape index (κ3) is 4.07. The van der Waals surface area contributed by atoms with Crippen LogP contribution >= 0.6 is 11.8 Å². The lowest BCUT2D eigenvalue weighted by atomic mass is 10.2. The number of benzene rings is 1. The van der Waals surface area contributed by atoms with Gasteiger partial charge in [0, 0.05) is 19.2 Å². The summed E-state index contributed by atoms with van der Waals surface area (Å²) in [5, 5.41) is 5.77. The van der Waals surface area contributed by atoms with Gasteiger partial charge in [0.05, 0.1) is 17.4 Å². The van der Waals surface area contributed by atoms with Gasteiger partial charge < -0.3 is 10.1 Å². The highest BCUT2D eigenvalue weighted by Crippen LogP contribution is 2.23. The number of aromatic amines is 1. The van der Waals surface area contributed by atoms with Crippen molar-refractivity contribution in [1.82, 2.24) is 24.9 Å². The summed E-state index contributed by atoms with van der Waals surface area (Å²) in [4.78, 5) is 32.5. The van der Waals surface area contributed by atoms with Crippen LogP contribution in [-0.4, -0.2) is 50.5 Å².